The van der Waals surface area contributed by atoms with Crippen LogP contribution in [0.3, 0.4) is 0 Å². The van der Waals surface area contributed by atoms with Crippen molar-refractivity contribution >= 4 is 11.9 Å². The van der Waals surface area contributed by atoms with Crippen molar-refractivity contribution in [2.24, 2.45) is 0 Å². The predicted octanol–water partition coefficient (Wildman–Crippen LogP) is 4.62. The molecule has 0 aliphatic heterocycles. The van der Waals surface area contributed by atoms with E-state index in [2.05, 4.69) is 0 Å². The van der Waals surface area contributed by atoms with E-state index >= 15 is 0 Å². The van der Waals surface area contributed by atoms with E-state index in [1.165, 1.54) is 38.5 Å². The van der Waals surface area contributed by atoms with Gasteiger partial charge in [-0.15, -0.1) is 0 Å². The quantitative estimate of drug-likeness (QED) is 0.431. The average Bonchev–Trinajstić information content (AvgIpc) is 2.38. The number of carboxylic acid groups (broad SMARTS) is 2. The summed E-state index contributed by atoms with van der Waals surface area (Å²) in [6.07, 6.45) is 14.1. The molecule has 0 aliphatic carbocycles. The number of rotatable bonds is 15. The van der Waals surface area contributed by atoms with Crippen LogP contribution in [0.1, 0.15) is 89.9 Å². The van der Waals surface area contributed by atoms with Crippen LogP contribution in [0.2, 0.25) is 0 Å². The van der Waals surface area contributed by atoms with Crippen LogP contribution in [0.5, 0.6) is 0 Å². The largest absolute Gasteiger partial charge is 0.481 e. The SMILES string of the molecule is O=C(O)CCCCCCCCCCCCCCC(=O)O. The van der Waals surface area contributed by atoms with E-state index in [1.807, 2.05) is 0 Å². The predicted molar refractivity (Wildman–Crippen MR) is 79.9 cm³/mol. The van der Waals surface area contributed by atoms with Gasteiger partial charge in [0.25, 0.3) is 0 Å². The first-order valence-electron chi connectivity index (χ1n) is 8.06. The molecule has 0 saturated heterocycles. The van der Waals surface area contributed by atoms with Gasteiger partial charge in [0.05, 0.1) is 0 Å². The lowest BCUT2D eigenvalue weighted by Crippen LogP contribution is -1.93. The van der Waals surface area contributed by atoms with Gasteiger partial charge in [-0.25, -0.2) is 0 Å². The Morgan fingerprint density at radius 2 is 0.650 bits per heavy atom. The van der Waals surface area contributed by atoms with Crippen LogP contribution in [-0.4, -0.2) is 22.2 Å². The third-order valence-electron chi connectivity index (χ3n) is 3.53. The maximum atomic E-state index is 10.3. The minimum Gasteiger partial charge on any atom is -0.481 e. The first-order valence-corrected chi connectivity index (χ1v) is 8.06. The van der Waals surface area contributed by atoms with Crippen LogP contribution in [0.4, 0.5) is 0 Å². The van der Waals surface area contributed by atoms with Crippen molar-refractivity contribution in [3.8, 4) is 0 Å². The second kappa shape index (κ2) is 14.4. The molecule has 0 aromatic heterocycles. The van der Waals surface area contributed by atoms with E-state index in [1.54, 1.807) is 0 Å². The van der Waals surface area contributed by atoms with Crippen molar-refractivity contribution in [3.63, 3.8) is 0 Å². The maximum Gasteiger partial charge on any atom is 0.303 e. The summed E-state index contributed by atoms with van der Waals surface area (Å²) in [5.74, 6) is -1.37. The molecular weight excluding hydrogens is 256 g/mol. The Bertz CT molecular complexity index is 225. The lowest BCUT2D eigenvalue weighted by atomic mass is 10.0. The molecule has 0 radical (unpaired) electrons. The smallest absolute Gasteiger partial charge is 0.303 e. The topological polar surface area (TPSA) is 74.6 Å². The molecule has 0 saturated carbocycles. The molecule has 0 rings (SSSR count). The molecule has 0 aliphatic rings. The number of hydrogen-bond donors (Lipinski definition) is 2. The second-order valence-electron chi connectivity index (χ2n) is 5.53. The third-order valence-corrected chi connectivity index (χ3v) is 3.53. The monoisotopic (exact) mass is 286 g/mol. The molecule has 0 fully saturated rings. The zero-order valence-corrected chi connectivity index (χ0v) is 12.6. The lowest BCUT2D eigenvalue weighted by Gasteiger charge is -2.02. The summed E-state index contributed by atoms with van der Waals surface area (Å²) in [6.45, 7) is 0. The molecule has 0 aromatic carbocycles. The van der Waals surface area contributed by atoms with Gasteiger partial charge in [0.2, 0.25) is 0 Å². The fourth-order valence-electron chi connectivity index (χ4n) is 2.32. The van der Waals surface area contributed by atoms with Gasteiger partial charge in [-0.3, -0.25) is 9.59 Å². The van der Waals surface area contributed by atoms with Gasteiger partial charge in [0.15, 0.2) is 0 Å². The van der Waals surface area contributed by atoms with E-state index < -0.39 is 11.9 Å². The summed E-state index contributed by atoms with van der Waals surface area (Å²) in [7, 11) is 0. The summed E-state index contributed by atoms with van der Waals surface area (Å²) in [6, 6.07) is 0. The molecule has 0 aromatic rings. The lowest BCUT2D eigenvalue weighted by molar-refractivity contribution is -0.138. The van der Waals surface area contributed by atoms with Crippen molar-refractivity contribution in [3.05, 3.63) is 0 Å². The molecule has 0 spiro atoms. The summed E-state index contributed by atoms with van der Waals surface area (Å²) in [4.78, 5) is 20.6. The summed E-state index contributed by atoms with van der Waals surface area (Å²) >= 11 is 0. The molecular formula is C16H30O4. The first-order chi connectivity index (χ1) is 9.63. The fraction of sp³-hybridized carbons (Fsp3) is 0.875. The Morgan fingerprint density at radius 1 is 0.450 bits per heavy atom. The summed E-state index contributed by atoms with van der Waals surface area (Å²) in [5.41, 5.74) is 0. The van der Waals surface area contributed by atoms with Crippen molar-refractivity contribution in [1.82, 2.24) is 0 Å². The highest BCUT2D eigenvalue weighted by molar-refractivity contribution is 5.66. The molecule has 0 amide bonds. The van der Waals surface area contributed by atoms with Gasteiger partial charge < -0.3 is 10.2 Å². The van der Waals surface area contributed by atoms with Crippen molar-refractivity contribution < 1.29 is 19.8 Å². The van der Waals surface area contributed by atoms with E-state index in [9.17, 15) is 9.59 Å². The molecule has 0 atom stereocenters. The zero-order chi connectivity index (χ0) is 15.1. The van der Waals surface area contributed by atoms with Crippen LogP contribution in [0.15, 0.2) is 0 Å². The van der Waals surface area contributed by atoms with Gasteiger partial charge in [-0.2, -0.15) is 0 Å². The van der Waals surface area contributed by atoms with Crippen LogP contribution < -0.4 is 0 Å². The van der Waals surface area contributed by atoms with Crippen LogP contribution in [0.25, 0.3) is 0 Å². The van der Waals surface area contributed by atoms with Crippen molar-refractivity contribution in [2.75, 3.05) is 0 Å². The van der Waals surface area contributed by atoms with E-state index in [4.69, 9.17) is 10.2 Å². The van der Waals surface area contributed by atoms with E-state index in [-0.39, 0.29) is 0 Å². The summed E-state index contributed by atoms with van der Waals surface area (Å²) < 4.78 is 0. The van der Waals surface area contributed by atoms with Crippen LogP contribution in [-0.2, 0) is 9.59 Å². The molecule has 4 nitrogen and oxygen atoms in total. The Balaban J connectivity index is 2.99. The molecule has 0 heterocycles. The Morgan fingerprint density at radius 3 is 0.850 bits per heavy atom. The Kier molecular flexibility index (Phi) is 13.6. The highest BCUT2D eigenvalue weighted by atomic mass is 16.4. The molecule has 0 bridgehead atoms. The Labute approximate surface area is 122 Å². The molecule has 118 valence electrons. The van der Waals surface area contributed by atoms with E-state index in [0.717, 1.165) is 38.5 Å². The third kappa shape index (κ3) is 16.9. The summed E-state index contributed by atoms with van der Waals surface area (Å²) in [5, 5.41) is 17.0. The molecule has 0 unspecified atom stereocenters. The van der Waals surface area contributed by atoms with Crippen molar-refractivity contribution in [2.45, 2.75) is 89.9 Å². The number of carbonyl (C=O) groups is 2. The van der Waals surface area contributed by atoms with Gasteiger partial charge in [0, 0.05) is 12.8 Å². The number of carboxylic acids is 2. The fourth-order valence-corrected chi connectivity index (χ4v) is 2.32. The molecule has 20 heavy (non-hydrogen) atoms. The van der Waals surface area contributed by atoms with Crippen LogP contribution in [0, 0.1) is 0 Å². The highest BCUT2D eigenvalue weighted by Crippen LogP contribution is 2.12. The Hall–Kier alpha value is -1.06. The maximum absolute atomic E-state index is 10.3. The van der Waals surface area contributed by atoms with Crippen LogP contribution >= 0.6 is 0 Å². The first kappa shape index (κ1) is 18.9. The average molecular weight is 286 g/mol. The number of hydrogen-bond acceptors (Lipinski definition) is 2. The van der Waals surface area contributed by atoms with Gasteiger partial charge in [-0.1, -0.05) is 64.2 Å². The molecule has 4 heteroatoms. The van der Waals surface area contributed by atoms with Gasteiger partial charge in [0.1, 0.15) is 0 Å². The van der Waals surface area contributed by atoms with Crippen molar-refractivity contribution in [1.29, 1.82) is 0 Å². The van der Waals surface area contributed by atoms with Gasteiger partial charge in [-0.05, 0) is 12.8 Å². The normalized spacial score (nSPS) is 10.6. The second-order valence-corrected chi connectivity index (χ2v) is 5.53. The van der Waals surface area contributed by atoms with E-state index in [0.29, 0.717) is 12.8 Å². The molecule has 2 N–H and O–H groups in total. The number of unbranched alkanes of at least 4 members (excludes halogenated alkanes) is 11. The minimum atomic E-state index is -0.687. The standard InChI is InChI=1S/C16H30O4/c17-15(18)13-11-9-7-5-3-1-2-4-6-8-10-12-14-16(19)20/h1-14H2,(H,17,18)(H,19,20). The van der Waals surface area contributed by atoms with Gasteiger partial charge >= 0.3 is 11.9 Å². The number of aliphatic carboxylic acids is 2. The zero-order valence-electron chi connectivity index (χ0n) is 12.6. The highest BCUT2D eigenvalue weighted by Gasteiger charge is 1.98. The minimum absolute atomic E-state index is 0.307.